The zero-order chi connectivity index (χ0) is 18.0. The van der Waals surface area contributed by atoms with E-state index in [2.05, 4.69) is 15.4 Å². The van der Waals surface area contributed by atoms with Crippen molar-refractivity contribution in [2.75, 3.05) is 12.4 Å². The fourth-order valence-corrected chi connectivity index (χ4v) is 2.70. The van der Waals surface area contributed by atoms with Gasteiger partial charge in [-0.2, -0.15) is 0 Å². The molecular formula is C17H15Cl2N5O. The lowest BCUT2D eigenvalue weighted by molar-refractivity contribution is 0.415. The van der Waals surface area contributed by atoms with Gasteiger partial charge in [-0.1, -0.05) is 23.2 Å². The highest BCUT2D eigenvalue weighted by molar-refractivity contribution is 6.36. The van der Waals surface area contributed by atoms with Crippen molar-refractivity contribution in [3.05, 3.63) is 58.0 Å². The van der Waals surface area contributed by atoms with Gasteiger partial charge in [-0.15, -0.1) is 5.10 Å². The number of methoxy groups -OCH3 is 1. The molecule has 0 bridgehead atoms. The van der Waals surface area contributed by atoms with Crippen LogP contribution >= 0.6 is 23.2 Å². The van der Waals surface area contributed by atoms with Gasteiger partial charge in [-0.05, 0) is 42.5 Å². The van der Waals surface area contributed by atoms with Crippen LogP contribution in [0.5, 0.6) is 5.75 Å². The first kappa shape index (κ1) is 17.3. The molecule has 25 heavy (non-hydrogen) atoms. The number of aromatic nitrogens is 3. The van der Waals surface area contributed by atoms with Gasteiger partial charge >= 0.3 is 0 Å². The van der Waals surface area contributed by atoms with Gasteiger partial charge in [0.15, 0.2) is 5.49 Å². The van der Waals surface area contributed by atoms with Crippen molar-refractivity contribution in [1.29, 1.82) is 5.41 Å². The molecule has 0 saturated carbocycles. The van der Waals surface area contributed by atoms with Crippen LogP contribution in [0.2, 0.25) is 10.0 Å². The number of hydrogen-bond donors (Lipinski definition) is 2. The monoisotopic (exact) mass is 375 g/mol. The number of nitrogens with zero attached hydrogens (tertiary/aromatic N) is 3. The summed E-state index contributed by atoms with van der Waals surface area (Å²) in [4.78, 5) is 4.45. The zero-order valence-corrected chi connectivity index (χ0v) is 15.1. The number of halogens is 2. The van der Waals surface area contributed by atoms with Crippen LogP contribution in [0.4, 0.5) is 11.6 Å². The van der Waals surface area contributed by atoms with Gasteiger partial charge in [0.05, 0.1) is 17.8 Å². The lowest BCUT2D eigenvalue weighted by atomic mass is 10.1. The van der Waals surface area contributed by atoms with Crippen LogP contribution in [0.15, 0.2) is 42.5 Å². The second kappa shape index (κ2) is 7.13. The van der Waals surface area contributed by atoms with E-state index < -0.39 is 0 Å². The molecular weight excluding hydrogens is 361 g/mol. The second-order valence-corrected chi connectivity index (χ2v) is 6.08. The molecule has 128 valence electrons. The third-order valence-corrected chi connectivity index (χ3v) is 4.10. The van der Waals surface area contributed by atoms with Gasteiger partial charge < -0.3 is 10.1 Å². The molecule has 0 aliphatic heterocycles. The molecule has 1 aromatic heterocycles. The van der Waals surface area contributed by atoms with E-state index in [9.17, 15) is 0 Å². The van der Waals surface area contributed by atoms with E-state index >= 15 is 0 Å². The molecule has 0 aliphatic rings. The molecule has 0 spiro atoms. The Kier molecular flexibility index (Phi) is 4.92. The molecule has 1 heterocycles. The first-order valence-electron chi connectivity index (χ1n) is 7.34. The average molecular weight is 376 g/mol. The van der Waals surface area contributed by atoms with Crippen LogP contribution in [0.1, 0.15) is 0 Å². The molecule has 8 heteroatoms. The van der Waals surface area contributed by atoms with Gasteiger partial charge in [0.25, 0.3) is 0 Å². The summed E-state index contributed by atoms with van der Waals surface area (Å²) in [5, 5.41) is 16.5. The Hall–Kier alpha value is -2.57. The first-order valence-corrected chi connectivity index (χ1v) is 8.10. The Balaban J connectivity index is 2.01. The predicted octanol–water partition coefficient (Wildman–Crippen LogP) is 4.02. The standard InChI is InChI=1S/C17H15Cl2N5O/c1-24-16(20)15(10-3-6-12(25-2)7-4-10)22-17(23-24)21-14-8-5-11(18)9-13(14)19/h3-9,20H,1-2H3,(H,21,23). The number of nitrogens with one attached hydrogen (secondary N) is 2. The van der Waals surface area contributed by atoms with Crippen molar-refractivity contribution in [3.63, 3.8) is 0 Å². The van der Waals surface area contributed by atoms with E-state index in [4.69, 9.17) is 33.3 Å². The average Bonchev–Trinajstić information content (AvgIpc) is 2.60. The highest BCUT2D eigenvalue weighted by atomic mass is 35.5. The third-order valence-electron chi connectivity index (χ3n) is 3.55. The molecule has 0 atom stereocenters. The lowest BCUT2D eigenvalue weighted by Gasteiger charge is -2.11. The van der Waals surface area contributed by atoms with Crippen molar-refractivity contribution < 1.29 is 4.74 Å². The summed E-state index contributed by atoms with van der Waals surface area (Å²) < 4.78 is 6.61. The maximum absolute atomic E-state index is 8.21. The molecule has 0 radical (unpaired) electrons. The number of benzene rings is 2. The summed E-state index contributed by atoms with van der Waals surface area (Å²) in [5.74, 6) is 1.06. The van der Waals surface area contributed by atoms with E-state index in [1.165, 1.54) is 4.68 Å². The second-order valence-electron chi connectivity index (χ2n) is 5.23. The number of anilines is 2. The molecule has 6 nitrogen and oxygen atoms in total. The summed E-state index contributed by atoms with van der Waals surface area (Å²) in [5.41, 5.74) is 2.10. The number of ether oxygens (including phenoxy) is 1. The van der Waals surface area contributed by atoms with Crippen molar-refractivity contribution in [3.8, 4) is 17.0 Å². The molecule has 2 N–H and O–H groups in total. The molecule has 0 fully saturated rings. The Morgan fingerprint density at radius 3 is 2.48 bits per heavy atom. The van der Waals surface area contributed by atoms with E-state index in [0.29, 0.717) is 27.4 Å². The van der Waals surface area contributed by atoms with Crippen LogP contribution < -0.4 is 15.5 Å². The number of hydrogen-bond acceptors (Lipinski definition) is 5. The molecule has 0 unspecified atom stereocenters. The Labute approximate surface area is 154 Å². The fraction of sp³-hybridized carbons (Fsp3) is 0.118. The van der Waals surface area contributed by atoms with Gasteiger partial charge in [0.2, 0.25) is 5.95 Å². The van der Waals surface area contributed by atoms with Crippen LogP contribution in [0.25, 0.3) is 11.3 Å². The van der Waals surface area contributed by atoms with Crippen LogP contribution in [0, 0.1) is 5.41 Å². The van der Waals surface area contributed by atoms with Crippen molar-refractivity contribution in [2.45, 2.75) is 0 Å². The number of aryl methyl sites for hydroxylation is 1. The lowest BCUT2D eigenvalue weighted by Crippen LogP contribution is -2.24. The van der Waals surface area contributed by atoms with Crippen LogP contribution in [-0.2, 0) is 7.05 Å². The van der Waals surface area contributed by atoms with Gasteiger partial charge in [0.1, 0.15) is 11.4 Å². The number of rotatable bonds is 4. The summed E-state index contributed by atoms with van der Waals surface area (Å²) in [6, 6.07) is 12.4. The van der Waals surface area contributed by atoms with E-state index in [-0.39, 0.29) is 5.49 Å². The highest BCUT2D eigenvalue weighted by Gasteiger charge is 2.10. The van der Waals surface area contributed by atoms with E-state index in [1.54, 1.807) is 32.4 Å². The minimum absolute atomic E-state index is 0.193. The third kappa shape index (κ3) is 3.75. The molecule has 0 aliphatic carbocycles. The highest BCUT2D eigenvalue weighted by Crippen LogP contribution is 2.27. The molecule has 0 saturated heterocycles. The van der Waals surface area contributed by atoms with E-state index in [0.717, 1.165) is 11.3 Å². The maximum Gasteiger partial charge on any atom is 0.245 e. The summed E-state index contributed by atoms with van der Waals surface area (Å²) >= 11 is 12.1. The molecule has 3 aromatic rings. The van der Waals surface area contributed by atoms with Crippen molar-refractivity contribution in [1.82, 2.24) is 14.8 Å². The first-order chi connectivity index (χ1) is 12.0. The summed E-state index contributed by atoms with van der Waals surface area (Å²) in [6.07, 6.45) is 0. The Bertz CT molecular complexity index is 970. The summed E-state index contributed by atoms with van der Waals surface area (Å²) in [7, 11) is 3.29. The molecule has 2 aromatic carbocycles. The smallest absolute Gasteiger partial charge is 0.245 e. The Morgan fingerprint density at radius 2 is 1.84 bits per heavy atom. The van der Waals surface area contributed by atoms with Gasteiger partial charge in [-0.3, -0.25) is 5.41 Å². The minimum atomic E-state index is 0.193. The Morgan fingerprint density at radius 1 is 1.12 bits per heavy atom. The normalized spacial score (nSPS) is 10.6. The maximum atomic E-state index is 8.21. The fourth-order valence-electron chi connectivity index (χ4n) is 2.24. The van der Waals surface area contributed by atoms with E-state index in [1.807, 2.05) is 24.3 Å². The van der Waals surface area contributed by atoms with Crippen molar-refractivity contribution in [2.24, 2.45) is 7.05 Å². The van der Waals surface area contributed by atoms with Crippen molar-refractivity contribution >= 4 is 34.8 Å². The predicted molar refractivity (Wildman–Crippen MR) is 98.6 cm³/mol. The van der Waals surface area contributed by atoms with Crippen LogP contribution in [0.3, 0.4) is 0 Å². The molecule has 3 rings (SSSR count). The largest absolute Gasteiger partial charge is 0.497 e. The summed E-state index contributed by atoms with van der Waals surface area (Å²) in [6.45, 7) is 0. The molecule has 0 amide bonds. The van der Waals surface area contributed by atoms with Gasteiger partial charge in [-0.25, -0.2) is 9.67 Å². The quantitative estimate of drug-likeness (QED) is 0.721. The topological polar surface area (TPSA) is 75.8 Å². The van der Waals surface area contributed by atoms with Crippen LogP contribution in [-0.4, -0.2) is 21.9 Å². The van der Waals surface area contributed by atoms with Gasteiger partial charge in [0, 0.05) is 17.6 Å². The minimum Gasteiger partial charge on any atom is -0.497 e. The SMILES string of the molecule is COc1ccc(-c2nc(Nc3ccc(Cl)cc3Cl)nn(C)c2=N)cc1. The zero-order valence-electron chi connectivity index (χ0n) is 13.5.